The summed E-state index contributed by atoms with van der Waals surface area (Å²) in [5, 5.41) is 5.46. The van der Waals surface area contributed by atoms with Gasteiger partial charge in [0, 0.05) is 14.3 Å². The number of halogens is 4. The number of hydrogen-bond donors (Lipinski definition) is 0. The van der Waals surface area contributed by atoms with Crippen LogP contribution in [0.4, 0.5) is 0 Å². The highest BCUT2D eigenvalue weighted by molar-refractivity contribution is 9.10. The minimum atomic E-state index is 0.555. The average molecular weight is 405 g/mol. The fraction of sp³-hybridized carbons (Fsp3) is 0. The van der Waals surface area contributed by atoms with Crippen LogP contribution in [0.25, 0.3) is 21.5 Å². The lowest BCUT2D eigenvalue weighted by atomic mass is 10.0. The van der Waals surface area contributed by atoms with Crippen LogP contribution in [-0.2, 0) is 0 Å². The largest absolute Gasteiger partial charge is 0.0820 e. The van der Waals surface area contributed by atoms with E-state index in [1.54, 1.807) is 0 Å². The minimum absolute atomic E-state index is 0.555. The van der Waals surface area contributed by atoms with Gasteiger partial charge >= 0.3 is 0 Å². The van der Waals surface area contributed by atoms with E-state index in [9.17, 15) is 0 Å². The van der Waals surface area contributed by atoms with Crippen LogP contribution in [0.3, 0.4) is 0 Å². The molecule has 0 aromatic heterocycles. The van der Waals surface area contributed by atoms with E-state index in [2.05, 4.69) is 56.1 Å². The van der Waals surface area contributed by atoms with Crippen LogP contribution in [-0.4, -0.2) is 0 Å². The van der Waals surface area contributed by atoms with E-state index >= 15 is 0 Å². The van der Waals surface area contributed by atoms with Gasteiger partial charge in [-0.3, -0.25) is 0 Å². The first kappa shape index (κ1) is 12.7. The van der Waals surface area contributed by atoms with E-state index in [1.165, 1.54) is 0 Å². The lowest BCUT2D eigenvalue weighted by molar-refractivity contribution is 1.70. The van der Waals surface area contributed by atoms with Gasteiger partial charge in [-0.15, -0.1) is 0 Å². The lowest BCUT2D eigenvalue weighted by Gasteiger charge is -2.09. The van der Waals surface area contributed by atoms with Gasteiger partial charge in [-0.2, -0.15) is 0 Å². The maximum Gasteiger partial charge on any atom is 0.0741 e. The molecule has 0 fully saturated rings. The van der Waals surface area contributed by atoms with Crippen molar-refractivity contribution < 1.29 is 0 Å². The maximum atomic E-state index is 6.38. The number of hydrogen-bond acceptors (Lipinski definition) is 0. The van der Waals surface area contributed by atoms with Gasteiger partial charge in [0.05, 0.1) is 10.0 Å². The average Bonchev–Trinajstić information content (AvgIpc) is 2.35. The Hall–Kier alpha value is -0.280. The summed E-state index contributed by atoms with van der Waals surface area (Å²) in [5.41, 5.74) is 0. The number of fused-ring (bicyclic) bond motifs is 3. The van der Waals surface area contributed by atoms with Crippen LogP contribution < -0.4 is 0 Å². The van der Waals surface area contributed by atoms with Gasteiger partial charge in [-0.1, -0.05) is 57.3 Å². The summed E-state index contributed by atoms with van der Waals surface area (Å²) in [6.07, 6.45) is 0. The van der Waals surface area contributed by atoms with Crippen LogP contribution in [0.15, 0.2) is 45.3 Å². The quantitative estimate of drug-likeness (QED) is 0.284. The van der Waals surface area contributed by atoms with Gasteiger partial charge < -0.3 is 0 Å². The van der Waals surface area contributed by atoms with Crippen molar-refractivity contribution in [1.82, 2.24) is 0 Å². The number of rotatable bonds is 0. The molecule has 0 aliphatic rings. The summed E-state index contributed by atoms with van der Waals surface area (Å²) in [7, 11) is 0. The predicted molar refractivity (Wildman–Crippen MR) is 86.9 cm³/mol. The molecule has 0 nitrogen and oxygen atoms in total. The topological polar surface area (TPSA) is 0 Å². The Morgan fingerprint density at radius 2 is 1.50 bits per heavy atom. The molecule has 0 saturated carbocycles. The molecule has 0 radical (unpaired) electrons. The first-order valence-electron chi connectivity index (χ1n) is 5.23. The van der Waals surface area contributed by atoms with Gasteiger partial charge in [0.15, 0.2) is 0 Å². The van der Waals surface area contributed by atoms with Crippen LogP contribution in [0.2, 0.25) is 10.0 Å². The summed E-state index contributed by atoms with van der Waals surface area (Å²) < 4.78 is 1.87. The Morgan fingerprint density at radius 1 is 0.778 bits per heavy atom. The first-order chi connectivity index (χ1) is 8.58. The second-order valence-electron chi connectivity index (χ2n) is 4.02. The fourth-order valence-corrected chi connectivity index (χ4v) is 3.50. The fourth-order valence-electron chi connectivity index (χ4n) is 2.10. The van der Waals surface area contributed by atoms with E-state index < -0.39 is 0 Å². The molecule has 0 atom stereocenters. The Morgan fingerprint density at radius 3 is 2.28 bits per heavy atom. The molecule has 0 spiro atoms. The van der Waals surface area contributed by atoms with E-state index in [-0.39, 0.29) is 0 Å². The Balaban J connectivity index is 2.57. The standard InChI is InChI=1S/C14H6Br2Cl2/c15-9-3-4-10-7(5-9)1-2-8-6-11(16)13(17)14(18)12(8)10/h1-6H. The molecule has 0 amide bonds. The summed E-state index contributed by atoms with van der Waals surface area (Å²) in [6, 6.07) is 12.3. The van der Waals surface area contributed by atoms with Crippen molar-refractivity contribution in [3.63, 3.8) is 0 Å². The molecular weight excluding hydrogens is 399 g/mol. The second-order valence-corrected chi connectivity index (χ2v) is 6.54. The highest BCUT2D eigenvalue weighted by atomic mass is 79.9. The molecule has 18 heavy (non-hydrogen) atoms. The zero-order valence-electron chi connectivity index (χ0n) is 8.98. The third kappa shape index (κ3) is 1.96. The molecule has 0 N–H and O–H groups in total. The highest BCUT2D eigenvalue weighted by Gasteiger charge is 2.11. The van der Waals surface area contributed by atoms with E-state index in [4.69, 9.17) is 23.2 Å². The van der Waals surface area contributed by atoms with Gasteiger partial charge in [0.2, 0.25) is 0 Å². The minimum Gasteiger partial charge on any atom is -0.0820 e. The Labute approximate surface area is 131 Å². The van der Waals surface area contributed by atoms with E-state index in [1.807, 2.05) is 12.1 Å². The summed E-state index contributed by atoms with van der Waals surface area (Å²) in [4.78, 5) is 0. The molecule has 0 aliphatic heterocycles. The molecule has 4 heteroatoms. The van der Waals surface area contributed by atoms with Gasteiger partial charge in [0.1, 0.15) is 0 Å². The highest BCUT2D eigenvalue weighted by Crippen LogP contribution is 2.40. The smallest absolute Gasteiger partial charge is 0.0741 e. The Kier molecular flexibility index (Phi) is 3.31. The molecule has 3 rings (SSSR count). The van der Waals surface area contributed by atoms with Gasteiger partial charge in [-0.05, 0) is 50.3 Å². The van der Waals surface area contributed by atoms with Gasteiger partial charge in [0.25, 0.3) is 0 Å². The van der Waals surface area contributed by atoms with Crippen molar-refractivity contribution in [2.45, 2.75) is 0 Å². The van der Waals surface area contributed by atoms with E-state index in [0.29, 0.717) is 10.0 Å². The molecular formula is C14H6Br2Cl2. The van der Waals surface area contributed by atoms with Crippen LogP contribution >= 0.6 is 55.1 Å². The monoisotopic (exact) mass is 402 g/mol. The van der Waals surface area contributed by atoms with Crippen LogP contribution in [0.1, 0.15) is 0 Å². The molecule has 0 saturated heterocycles. The van der Waals surface area contributed by atoms with Crippen molar-refractivity contribution in [2.24, 2.45) is 0 Å². The second kappa shape index (κ2) is 4.68. The molecule has 0 bridgehead atoms. The lowest BCUT2D eigenvalue weighted by Crippen LogP contribution is -1.82. The third-order valence-electron chi connectivity index (χ3n) is 2.92. The molecule has 0 aliphatic carbocycles. The normalized spacial score (nSPS) is 11.3. The predicted octanol–water partition coefficient (Wildman–Crippen LogP) is 6.82. The van der Waals surface area contributed by atoms with Crippen molar-refractivity contribution in [3.8, 4) is 0 Å². The zero-order chi connectivity index (χ0) is 12.9. The van der Waals surface area contributed by atoms with Crippen molar-refractivity contribution in [3.05, 3.63) is 55.4 Å². The van der Waals surface area contributed by atoms with Crippen LogP contribution in [0, 0.1) is 0 Å². The Bertz CT molecular complexity index is 782. The number of benzene rings is 3. The van der Waals surface area contributed by atoms with Gasteiger partial charge in [-0.25, -0.2) is 0 Å². The molecule has 3 aromatic rings. The summed E-state index contributed by atoms with van der Waals surface area (Å²) >= 11 is 19.5. The summed E-state index contributed by atoms with van der Waals surface area (Å²) in [5.74, 6) is 0. The van der Waals surface area contributed by atoms with Crippen molar-refractivity contribution in [2.75, 3.05) is 0 Å². The SMILES string of the molecule is Clc1c(Br)cc2ccc3cc(Br)ccc3c2c1Cl. The maximum absolute atomic E-state index is 6.38. The molecule has 0 unspecified atom stereocenters. The molecule has 0 heterocycles. The molecule has 3 aromatic carbocycles. The van der Waals surface area contributed by atoms with Crippen LogP contribution in [0.5, 0.6) is 0 Å². The zero-order valence-corrected chi connectivity index (χ0v) is 13.7. The molecule has 90 valence electrons. The van der Waals surface area contributed by atoms with Crippen molar-refractivity contribution in [1.29, 1.82) is 0 Å². The third-order valence-corrected chi connectivity index (χ3v) is 5.13. The summed E-state index contributed by atoms with van der Waals surface area (Å²) in [6.45, 7) is 0. The first-order valence-corrected chi connectivity index (χ1v) is 7.57. The van der Waals surface area contributed by atoms with Crippen molar-refractivity contribution >= 4 is 76.6 Å². The van der Waals surface area contributed by atoms with E-state index in [0.717, 1.165) is 30.5 Å².